The normalized spacial score (nSPS) is 12.1. The summed E-state index contributed by atoms with van der Waals surface area (Å²) < 4.78 is 22.2. The molecule has 0 unspecified atom stereocenters. The monoisotopic (exact) mass is 230 g/mol. The average molecular weight is 231 g/mol. The van der Waals surface area contributed by atoms with E-state index in [1.807, 2.05) is 6.08 Å². The first-order chi connectivity index (χ1) is 6.54. The fourth-order valence-corrected chi connectivity index (χ4v) is 1.73. The van der Waals surface area contributed by atoms with Crippen LogP contribution in [0.2, 0.25) is 0 Å². The number of hydrogen-bond donors (Lipinski definition) is 0. The Kier molecular flexibility index (Phi) is 3.72. The Hall–Kier alpha value is -0.800. The van der Waals surface area contributed by atoms with Crippen molar-refractivity contribution in [2.75, 3.05) is 12.1 Å². The van der Waals surface area contributed by atoms with Crippen LogP contribution in [0, 0.1) is 0 Å². The van der Waals surface area contributed by atoms with Gasteiger partial charge in [-0.2, -0.15) is 0 Å². The Balaban J connectivity index is 2.95. The summed E-state index contributed by atoms with van der Waals surface area (Å²) in [5.41, 5.74) is 0.943. The molecule has 1 aromatic rings. The van der Waals surface area contributed by atoms with Crippen LogP contribution in [-0.2, 0) is 9.84 Å². The molecule has 0 saturated heterocycles. The van der Waals surface area contributed by atoms with E-state index in [0.29, 0.717) is 10.8 Å². The maximum atomic E-state index is 11.1. The number of allylic oxidation sites excluding steroid dienone is 1. The van der Waals surface area contributed by atoms with E-state index in [1.165, 1.54) is 6.26 Å². The van der Waals surface area contributed by atoms with Crippen LogP contribution in [0.4, 0.5) is 0 Å². The molecule has 76 valence electrons. The number of halogens is 1. The first kappa shape index (κ1) is 11.3. The smallest absolute Gasteiger partial charge is 0.175 e. The van der Waals surface area contributed by atoms with Gasteiger partial charge in [-0.05, 0) is 17.7 Å². The van der Waals surface area contributed by atoms with Crippen LogP contribution in [0.5, 0.6) is 0 Å². The van der Waals surface area contributed by atoms with Gasteiger partial charge in [0.1, 0.15) is 0 Å². The van der Waals surface area contributed by atoms with E-state index >= 15 is 0 Å². The SMILES string of the molecule is CS(=O)(=O)c1ccc(C=CCCl)cc1. The molecule has 0 N–H and O–H groups in total. The van der Waals surface area contributed by atoms with Gasteiger partial charge in [0.15, 0.2) is 9.84 Å². The lowest BCUT2D eigenvalue weighted by Gasteiger charge is -1.98. The van der Waals surface area contributed by atoms with Crippen molar-refractivity contribution in [2.24, 2.45) is 0 Å². The third kappa shape index (κ3) is 3.16. The van der Waals surface area contributed by atoms with Crippen molar-refractivity contribution in [1.29, 1.82) is 0 Å². The topological polar surface area (TPSA) is 34.1 Å². The van der Waals surface area contributed by atoms with Gasteiger partial charge in [-0.15, -0.1) is 11.6 Å². The molecule has 0 aliphatic rings. The van der Waals surface area contributed by atoms with E-state index in [1.54, 1.807) is 30.3 Å². The molecule has 0 amide bonds. The second-order valence-corrected chi connectivity index (χ2v) is 5.22. The van der Waals surface area contributed by atoms with Crippen LogP contribution < -0.4 is 0 Å². The summed E-state index contributed by atoms with van der Waals surface area (Å²) in [6.07, 6.45) is 4.84. The number of sulfone groups is 1. The Bertz CT molecular complexity index is 418. The number of rotatable bonds is 3. The molecule has 0 bridgehead atoms. The fourth-order valence-electron chi connectivity index (χ4n) is 1.01. The average Bonchev–Trinajstić information content (AvgIpc) is 2.14. The van der Waals surface area contributed by atoms with Gasteiger partial charge in [-0.1, -0.05) is 24.3 Å². The van der Waals surface area contributed by atoms with E-state index in [-0.39, 0.29) is 0 Å². The van der Waals surface area contributed by atoms with Crippen molar-refractivity contribution >= 4 is 27.5 Å². The highest BCUT2D eigenvalue weighted by Crippen LogP contribution is 2.11. The molecule has 0 spiro atoms. The fraction of sp³-hybridized carbons (Fsp3) is 0.200. The Morgan fingerprint density at radius 3 is 2.29 bits per heavy atom. The van der Waals surface area contributed by atoms with Crippen LogP contribution in [0.15, 0.2) is 35.2 Å². The van der Waals surface area contributed by atoms with Crippen molar-refractivity contribution in [3.8, 4) is 0 Å². The van der Waals surface area contributed by atoms with E-state index in [9.17, 15) is 8.42 Å². The summed E-state index contributed by atoms with van der Waals surface area (Å²) in [6, 6.07) is 6.67. The van der Waals surface area contributed by atoms with Gasteiger partial charge in [0.2, 0.25) is 0 Å². The summed E-state index contributed by atoms with van der Waals surface area (Å²) in [7, 11) is -3.09. The van der Waals surface area contributed by atoms with E-state index in [4.69, 9.17) is 11.6 Å². The predicted molar refractivity (Wildman–Crippen MR) is 59.3 cm³/mol. The zero-order valence-corrected chi connectivity index (χ0v) is 9.35. The molecule has 0 aromatic heterocycles. The molecule has 4 heteroatoms. The number of hydrogen-bond acceptors (Lipinski definition) is 2. The molecule has 2 nitrogen and oxygen atoms in total. The Labute approximate surface area is 89.1 Å². The van der Waals surface area contributed by atoms with Gasteiger partial charge in [-0.3, -0.25) is 0 Å². The molecule has 14 heavy (non-hydrogen) atoms. The van der Waals surface area contributed by atoms with Gasteiger partial charge in [0.05, 0.1) is 4.90 Å². The minimum absolute atomic E-state index is 0.334. The molecule has 0 aliphatic heterocycles. The highest BCUT2D eigenvalue weighted by Gasteiger charge is 2.04. The molecular formula is C10H11ClO2S. The van der Waals surface area contributed by atoms with Gasteiger partial charge >= 0.3 is 0 Å². The largest absolute Gasteiger partial charge is 0.224 e. The molecular weight excluding hydrogens is 220 g/mol. The zero-order valence-electron chi connectivity index (χ0n) is 7.77. The molecule has 0 radical (unpaired) electrons. The van der Waals surface area contributed by atoms with Crippen molar-refractivity contribution in [2.45, 2.75) is 4.90 Å². The van der Waals surface area contributed by atoms with Gasteiger partial charge in [0, 0.05) is 12.1 Å². The van der Waals surface area contributed by atoms with Crippen molar-refractivity contribution < 1.29 is 8.42 Å². The van der Waals surface area contributed by atoms with Crippen LogP contribution in [0.3, 0.4) is 0 Å². The standard InChI is InChI=1S/C10H11ClO2S/c1-14(12,13)10-6-4-9(5-7-10)3-2-8-11/h2-7H,8H2,1H3. The summed E-state index contributed by atoms with van der Waals surface area (Å²) in [4.78, 5) is 0.334. The van der Waals surface area contributed by atoms with Gasteiger partial charge in [0.25, 0.3) is 0 Å². The highest BCUT2D eigenvalue weighted by molar-refractivity contribution is 7.90. The summed E-state index contributed by atoms with van der Waals surface area (Å²) in [5.74, 6) is 0.452. The predicted octanol–water partition coefficient (Wildman–Crippen LogP) is 2.34. The van der Waals surface area contributed by atoms with Crippen molar-refractivity contribution in [3.05, 3.63) is 35.9 Å². The molecule has 0 aliphatic carbocycles. The second-order valence-electron chi connectivity index (χ2n) is 2.90. The van der Waals surface area contributed by atoms with E-state index in [2.05, 4.69) is 0 Å². The molecule has 0 atom stereocenters. The highest BCUT2D eigenvalue weighted by atomic mass is 35.5. The molecule has 0 heterocycles. The number of alkyl halides is 1. The third-order valence-electron chi connectivity index (χ3n) is 1.71. The molecule has 1 rings (SSSR count). The van der Waals surface area contributed by atoms with Crippen LogP contribution >= 0.6 is 11.6 Å². The number of benzene rings is 1. The Morgan fingerprint density at radius 1 is 1.29 bits per heavy atom. The lowest BCUT2D eigenvalue weighted by atomic mass is 10.2. The van der Waals surface area contributed by atoms with Gasteiger partial charge in [-0.25, -0.2) is 8.42 Å². The molecule has 1 aromatic carbocycles. The summed E-state index contributed by atoms with van der Waals surface area (Å²) >= 11 is 5.47. The van der Waals surface area contributed by atoms with Crippen molar-refractivity contribution in [1.82, 2.24) is 0 Å². The van der Waals surface area contributed by atoms with Crippen LogP contribution in [-0.4, -0.2) is 20.6 Å². The lowest BCUT2D eigenvalue weighted by Crippen LogP contribution is -1.95. The first-order valence-electron chi connectivity index (χ1n) is 4.06. The third-order valence-corrected chi connectivity index (χ3v) is 3.01. The van der Waals surface area contributed by atoms with Gasteiger partial charge < -0.3 is 0 Å². The second kappa shape index (κ2) is 4.62. The minimum Gasteiger partial charge on any atom is -0.224 e. The van der Waals surface area contributed by atoms with E-state index in [0.717, 1.165) is 5.56 Å². The molecule has 0 saturated carbocycles. The quantitative estimate of drug-likeness (QED) is 0.747. The Morgan fingerprint density at radius 2 is 1.86 bits per heavy atom. The summed E-state index contributed by atoms with van der Waals surface area (Å²) in [5, 5.41) is 0. The summed E-state index contributed by atoms with van der Waals surface area (Å²) in [6.45, 7) is 0. The van der Waals surface area contributed by atoms with Crippen LogP contribution in [0.1, 0.15) is 5.56 Å². The van der Waals surface area contributed by atoms with Crippen molar-refractivity contribution in [3.63, 3.8) is 0 Å². The maximum Gasteiger partial charge on any atom is 0.175 e. The molecule has 0 fully saturated rings. The van der Waals surface area contributed by atoms with Crippen LogP contribution in [0.25, 0.3) is 6.08 Å². The minimum atomic E-state index is -3.09. The zero-order chi connectivity index (χ0) is 10.6. The van der Waals surface area contributed by atoms with E-state index < -0.39 is 9.84 Å². The maximum absolute atomic E-state index is 11.1. The first-order valence-corrected chi connectivity index (χ1v) is 6.49. The lowest BCUT2D eigenvalue weighted by molar-refractivity contribution is 0.602.